The fourth-order valence-electron chi connectivity index (χ4n) is 2.72. The van der Waals surface area contributed by atoms with Crippen molar-refractivity contribution >= 4 is 44.8 Å². The third kappa shape index (κ3) is 5.14. The molecule has 2 N–H and O–H groups in total. The average Bonchev–Trinajstić information content (AvgIpc) is 2.66. The largest absolute Gasteiger partial charge is 0.416 e. The second-order valence-corrected chi connectivity index (χ2v) is 10.1. The van der Waals surface area contributed by atoms with E-state index in [4.69, 9.17) is 0 Å². The first-order chi connectivity index (χ1) is 14.0. The van der Waals surface area contributed by atoms with Gasteiger partial charge in [0, 0.05) is 17.0 Å². The zero-order chi connectivity index (χ0) is 22.1. The lowest BCUT2D eigenvalue weighted by atomic mass is 10.2. The van der Waals surface area contributed by atoms with Crippen molar-refractivity contribution in [3.63, 3.8) is 0 Å². The fraction of sp³-hybridized carbons (Fsp3) is 0.263. The highest BCUT2D eigenvalue weighted by Gasteiger charge is 2.30. The molecule has 3 rings (SSSR count). The van der Waals surface area contributed by atoms with Crippen LogP contribution >= 0.6 is 11.8 Å². The third-order valence-corrected chi connectivity index (χ3v) is 7.20. The van der Waals surface area contributed by atoms with Gasteiger partial charge in [0.2, 0.25) is 11.8 Å². The van der Waals surface area contributed by atoms with Gasteiger partial charge < -0.3 is 10.6 Å². The van der Waals surface area contributed by atoms with E-state index in [1.165, 1.54) is 30.0 Å². The van der Waals surface area contributed by atoms with E-state index < -0.39 is 39.7 Å². The average molecular weight is 458 g/mol. The summed E-state index contributed by atoms with van der Waals surface area (Å²) in [5, 5.41) is 4.62. The van der Waals surface area contributed by atoms with E-state index >= 15 is 0 Å². The van der Waals surface area contributed by atoms with E-state index in [1.807, 2.05) is 0 Å². The number of carbonyl (C=O) groups excluding carboxylic acids is 2. The van der Waals surface area contributed by atoms with Gasteiger partial charge in [-0.25, -0.2) is 8.42 Å². The number of halogens is 3. The number of benzene rings is 2. The summed E-state index contributed by atoms with van der Waals surface area (Å²) in [7, 11) is -3.84. The first kappa shape index (κ1) is 22.2. The van der Waals surface area contributed by atoms with Crippen molar-refractivity contribution in [2.24, 2.45) is 0 Å². The lowest BCUT2D eigenvalue weighted by Crippen LogP contribution is -2.26. The molecular weight excluding hydrogens is 441 g/mol. The molecule has 160 valence electrons. The number of fused-ring (bicyclic) bond motifs is 1. The van der Waals surface area contributed by atoms with Crippen molar-refractivity contribution < 1.29 is 31.2 Å². The minimum atomic E-state index is -4.55. The second-order valence-electron chi connectivity index (χ2n) is 6.60. The molecule has 11 heteroatoms. The topological polar surface area (TPSA) is 92.3 Å². The quantitative estimate of drug-likeness (QED) is 0.708. The van der Waals surface area contributed by atoms with E-state index in [0.717, 1.165) is 23.1 Å². The summed E-state index contributed by atoms with van der Waals surface area (Å²) in [5.74, 6) is -1.50. The maximum Gasteiger partial charge on any atom is 0.416 e. The van der Waals surface area contributed by atoms with E-state index in [-0.39, 0.29) is 21.7 Å². The van der Waals surface area contributed by atoms with Gasteiger partial charge in [-0.3, -0.25) is 9.59 Å². The predicted octanol–water partition coefficient (Wildman–Crippen LogP) is 3.94. The minimum Gasteiger partial charge on any atom is -0.326 e. The van der Waals surface area contributed by atoms with Crippen LogP contribution in [0.5, 0.6) is 0 Å². The molecule has 1 heterocycles. The van der Waals surface area contributed by atoms with Gasteiger partial charge in [0.05, 0.1) is 27.1 Å². The first-order valence-corrected chi connectivity index (χ1v) is 11.3. The molecule has 0 radical (unpaired) electrons. The summed E-state index contributed by atoms with van der Waals surface area (Å²) in [6.07, 6.45) is -4.99. The normalized spacial score (nSPS) is 16.5. The molecule has 0 aliphatic carbocycles. The molecule has 6 nitrogen and oxygen atoms in total. The zero-order valence-corrected chi connectivity index (χ0v) is 17.2. The molecule has 2 amide bonds. The number of carbonyl (C=O) groups is 2. The van der Waals surface area contributed by atoms with E-state index in [0.29, 0.717) is 5.69 Å². The summed E-state index contributed by atoms with van der Waals surface area (Å²) in [6.45, 7) is 1.73. The van der Waals surface area contributed by atoms with Gasteiger partial charge in [-0.2, -0.15) is 13.2 Å². The van der Waals surface area contributed by atoms with Gasteiger partial charge in [-0.1, -0.05) is 6.07 Å². The third-order valence-electron chi connectivity index (χ3n) is 4.31. The van der Waals surface area contributed by atoms with Crippen molar-refractivity contribution in [3.8, 4) is 0 Å². The van der Waals surface area contributed by atoms with Crippen LogP contribution in [0.4, 0.5) is 24.5 Å². The number of anilines is 2. The summed E-state index contributed by atoms with van der Waals surface area (Å²) in [4.78, 5) is 24.5. The van der Waals surface area contributed by atoms with Gasteiger partial charge in [-0.15, -0.1) is 11.8 Å². The van der Waals surface area contributed by atoms with E-state index in [2.05, 4.69) is 10.6 Å². The molecule has 0 saturated carbocycles. The number of rotatable bonds is 5. The van der Waals surface area contributed by atoms with Gasteiger partial charge >= 0.3 is 6.18 Å². The SMILES string of the molecule is C[C@@H]1Sc2ccc(S(=O)(=O)CCC(=O)Nc3cccc(C(F)(F)F)c3)cc2NC1=O. The molecule has 0 saturated heterocycles. The molecular formula is C19H17F3N2O4S2. The Morgan fingerprint density at radius 2 is 1.93 bits per heavy atom. The molecule has 1 aliphatic heterocycles. The lowest BCUT2D eigenvalue weighted by molar-refractivity contribution is -0.137. The van der Waals surface area contributed by atoms with E-state index in [1.54, 1.807) is 13.0 Å². The Bertz CT molecular complexity index is 1100. The van der Waals surface area contributed by atoms with Gasteiger partial charge in [0.1, 0.15) is 0 Å². The number of thioether (sulfide) groups is 1. The molecule has 0 fully saturated rings. The van der Waals surface area contributed by atoms with Crippen molar-refractivity contribution in [1.29, 1.82) is 0 Å². The highest BCUT2D eigenvalue weighted by atomic mass is 32.2. The van der Waals surface area contributed by atoms with Crippen LogP contribution in [0.25, 0.3) is 0 Å². The van der Waals surface area contributed by atoms with Crippen molar-refractivity contribution in [1.82, 2.24) is 0 Å². The first-order valence-electron chi connectivity index (χ1n) is 8.77. The number of sulfone groups is 1. The number of amides is 2. The Kier molecular flexibility index (Phi) is 6.14. The number of alkyl halides is 3. The summed E-state index contributed by atoms with van der Waals surface area (Å²) in [6, 6.07) is 8.40. The Morgan fingerprint density at radius 1 is 1.20 bits per heavy atom. The highest BCUT2D eigenvalue weighted by molar-refractivity contribution is 8.01. The molecule has 30 heavy (non-hydrogen) atoms. The fourth-order valence-corrected chi connectivity index (χ4v) is 4.92. The smallest absolute Gasteiger partial charge is 0.326 e. The molecule has 1 aliphatic rings. The molecule has 1 atom stereocenters. The van der Waals surface area contributed by atoms with Gasteiger partial charge in [0.15, 0.2) is 9.84 Å². The molecule has 2 aromatic carbocycles. The summed E-state index contributed by atoms with van der Waals surface area (Å²) >= 11 is 1.31. The number of hydrogen-bond acceptors (Lipinski definition) is 5. The van der Waals surface area contributed by atoms with Crippen molar-refractivity contribution in [2.45, 2.75) is 34.6 Å². The maximum atomic E-state index is 12.7. The van der Waals surface area contributed by atoms with Gasteiger partial charge in [-0.05, 0) is 43.3 Å². The Hall–Kier alpha value is -2.53. The monoisotopic (exact) mass is 458 g/mol. The van der Waals surface area contributed by atoms with Crippen LogP contribution in [0, 0.1) is 0 Å². The Labute approximate surface area is 175 Å². The van der Waals surface area contributed by atoms with Crippen LogP contribution in [0.3, 0.4) is 0 Å². The molecule has 0 bridgehead atoms. The molecule has 0 spiro atoms. The number of hydrogen-bond donors (Lipinski definition) is 2. The Morgan fingerprint density at radius 3 is 2.63 bits per heavy atom. The van der Waals surface area contributed by atoms with Crippen LogP contribution in [0.15, 0.2) is 52.3 Å². The van der Waals surface area contributed by atoms with Crippen LogP contribution in [-0.2, 0) is 25.6 Å². The van der Waals surface area contributed by atoms with Crippen LogP contribution in [0.1, 0.15) is 18.9 Å². The maximum absolute atomic E-state index is 12.7. The highest BCUT2D eigenvalue weighted by Crippen LogP contribution is 2.37. The van der Waals surface area contributed by atoms with Crippen molar-refractivity contribution in [3.05, 3.63) is 48.0 Å². The second kappa shape index (κ2) is 8.31. The zero-order valence-electron chi connectivity index (χ0n) is 15.6. The predicted molar refractivity (Wildman–Crippen MR) is 107 cm³/mol. The van der Waals surface area contributed by atoms with Crippen molar-refractivity contribution in [2.75, 3.05) is 16.4 Å². The van der Waals surface area contributed by atoms with Crippen LogP contribution < -0.4 is 10.6 Å². The summed E-state index contributed by atoms with van der Waals surface area (Å²) < 4.78 is 63.3. The standard InChI is InChI=1S/C19H17F3N2O4S2/c1-11-18(26)24-15-10-14(5-6-16(15)29-11)30(27,28)8-7-17(25)23-13-4-2-3-12(9-13)19(20,21)22/h2-6,9-11H,7-8H2,1H3,(H,23,25)(H,24,26)/t11-/m0/s1. The molecule has 2 aromatic rings. The van der Waals surface area contributed by atoms with Crippen LogP contribution in [-0.4, -0.2) is 31.2 Å². The minimum absolute atomic E-state index is 0.0522. The molecule has 0 aromatic heterocycles. The summed E-state index contributed by atoms with van der Waals surface area (Å²) in [5.41, 5.74) is -0.608. The lowest BCUT2D eigenvalue weighted by Gasteiger charge is -2.21. The van der Waals surface area contributed by atoms with Gasteiger partial charge in [0.25, 0.3) is 0 Å². The molecule has 0 unspecified atom stereocenters. The van der Waals surface area contributed by atoms with E-state index in [9.17, 15) is 31.2 Å². The van der Waals surface area contributed by atoms with Crippen LogP contribution in [0.2, 0.25) is 0 Å². The Balaban J connectivity index is 1.66. The number of nitrogens with one attached hydrogen (secondary N) is 2.